The third kappa shape index (κ3) is 2.21. The Morgan fingerprint density at radius 3 is 2.71 bits per heavy atom. The first kappa shape index (κ1) is 11.4. The number of aromatic carboxylic acids is 1. The lowest BCUT2D eigenvalue weighted by atomic mass is 10.0. The van der Waals surface area contributed by atoms with Gasteiger partial charge in [0.1, 0.15) is 5.75 Å². The Bertz CT molecular complexity index is 584. The van der Waals surface area contributed by atoms with E-state index in [1.165, 1.54) is 30.6 Å². The fraction of sp³-hybridized carbons (Fsp3) is 0. The summed E-state index contributed by atoms with van der Waals surface area (Å²) in [5.74, 6) is -1.06. The molecule has 1 aromatic carbocycles. The van der Waals surface area contributed by atoms with Crippen LogP contribution < -0.4 is 0 Å². The normalized spacial score (nSPS) is 10.2. The van der Waals surface area contributed by atoms with Gasteiger partial charge in [-0.15, -0.1) is 0 Å². The SMILES string of the molecule is O=C(O)c1cnccc1-c1cc(O)ccc1Cl. The monoisotopic (exact) mass is 249 g/mol. The van der Waals surface area contributed by atoms with E-state index in [-0.39, 0.29) is 11.3 Å². The van der Waals surface area contributed by atoms with Crippen LogP contribution in [0.3, 0.4) is 0 Å². The molecule has 1 aromatic heterocycles. The van der Waals surface area contributed by atoms with Gasteiger partial charge in [0.2, 0.25) is 0 Å². The van der Waals surface area contributed by atoms with Gasteiger partial charge in [0, 0.05) is 28.5 Å². The standard InChI is InChI=1S/C12H8ClNO3/c13-11-2-1-7(15)5-9(11)8-3-4-14-6-10(8)12(16)17/h1-6,15H,(H,16,17). The number of aromatic nitrogens is 1. The molecule has 0 aliphatic rings. The van der Waals surface area contributed by atoms with E-state index < -0.39 is 5.97 Å². The molecule has 0 fully saturated rings. The zero-order valence-corrected chi connectivity index (χ0v) is 9.35. The maximum absolute atomic E-state index is 11.0. The van der Waals surface area contributed by atoms with Gasteiger partial charge in [0.25, 0.3) is 0 Å². The molecule has 4 nitrogen and oxygen atoms in total. The number of nitrogens with zero attached hydrogens (tertiary/aromatic N) is 1. The summed E-state index contributed by atoms with van der Waals surface area (Å²) < 4.78 is 0. The smallest absolute Gasteiger partial charge is 0.337 e. The molecule has 0 aliphatic carbocycles. The molecule has 2 aromatic rings. The second-order valence-electron chi connectivity index (χ2n) is 3.39. The van der Waals surface area contributed by atoms with Gasteiger partial charge in [0.15, 0.2) is 0 Å². The molecular formula is C12H8ClNO3. The number of pyridine rings is 1. The minimum atomic E-state index is -1.09. The van der Waals surface area contributed by atoms with Gasteiger partial charge in [-0.2, -0.15) is 0 Å². The van der Waals surface area contributed by atoms with Gasteiger partial charge in [0.05, 0.1) is 5.56 Å². The van der Waals surface area contributed by atoms with E-state index >= 15 is 0 Å². The molecule has 1 heterocycles. The van der Waals surface area contributed by atoms with Crippen molar-refractivity contribution in [2.75, 3.05) is 0 Å². The maximum atomic E-state index is 11.0. The summed E-state index contributed by atoms with van der Waals surface area (Å²) in [4.78, 5) is 14.8. The van der Waals surface area contributed by atoms with E-state index in [1.807, 2.05) is 0 Å². The Morgan fingerprint density at radius 1 is 1.24 bits per heavy atom. The third-order valence-electron chi connectivity index (χ3n) is 2.29. The van der Waals surface area contributed by atoms with Gasteiger partial charge in [-0.25, -0.2) is 4.79 Å². The number of hydrogen-bond donors (Lipinski definition) is 2. The molecule has 2 rings (SSSR count). The van der Waals surface area contributed by atoms with Gasteiger partial charge >= 0.3 is 5.97 Å². The molecule has 5 heteroatoms. The molecule has 0 saturated carbocycles. The third-order valence-corrected chi connectivity index (χ3v) is 2.62. The summed E-state index contributed by atoms with van der Waals surface area (Å²) >= 11 is 5.98. The number of carboxylic acid groups (broad SMARTS) is 1. The van der Waals surface area contributed by atoms with Crippen LogP contribution in [0.4, 0.5) is 0 Å². The molecule has 0 atom stereocenters. The summed E-state index contributed by atoms with van der Waals surface area (Å²) in [5, 5.41) is 18.8. The topological polar surface area (TPSA) is 70.4 Å². The molecule has 86 valence electrons. The van der Waals surface area contributed by atoms with E-state index in [0.29, 0.717) is 16.1 Å². The minimum Gasteiger partial charge on any atom is -0.508 e. The molecule has 2 N–H and O–H groups in total. The fourth-order valence-corrected chi connectivity index (χ4v) is 1.74. The molecule has 0 spiro atoms. The molecule has 0 radical (unpaired) electrons. The highest BCUT2D eigenvalue weighted by Crippen LogP contribution is 2.32. The average molecular weight is 250 g/mol. The molecular weight excluding hydrogens is 242 g/mol. The van der Waals surface area contributed by atoms with Gasteiger partial charge in [-0.3, -0.25) is 4.98 Å². The van der Waals surface area contributed by atoms with Crippen molar-refractivity contribution in [3.05, 3.63) is 47.2 Å². The Morgan fingerprint density at radius 2 is 2.00 bits per heavy atom. The number of aromatic hydroxyl groups is 1. The molecule has 0 bridgehead atoms. The Balaban J connectivity index is 2.68. The van der Waals surface area contributed by atoms with Crippen molar-refractivity contribution in [1.29, 1.82) is 0 Å². The molecule has 0 unspecified atom stereocenters. The number of halogens is 1. The number of rotatable bonds is 2. The second-order valence-corrected chi connectivity index (χ2v) is 3.80. The quantitative estimate of drug-likeness (QED) is 0.859. The highest BCUT2D eigenvalue weighted by atomic mass is 35.5. The van der Waals surface area contributed by atoms with E-state index in [0.717, 1.165) is 0 Å². The second kappa shape index (κ2) is 4.43. The van der Waals surface area contributed by atoms with Gasteiger partial charge in [-0.05, 0) is 24.3 Å². The molecule has 0 saturated heterocycles. The summed E-state index contributed by atoms with van der Waals surface area (Å²) in [6, 6.07) is 5.92. The minimum absolute atomic E-state index is 0.0255. The highest BCUT2D eigenvalue weighted by Gasteiger charge is 2.14. The summed E-state index contributed by atoms with van der Waals surface area (Å²) in [6.07, 6.45) is 2.72. The van der Waals surface area contributed by atoms with E-state index in [1.54, 1.807) is 6.07 Å². The first-order valence-electron chi connectivity index (χ1n) is 4.76. The van der Waals surface area contributed by atoms with Crippen LogP contribution in [0, 0.1) is 0 Å². The highest BCUT2D eigenvalue weighted by molar-refractivity contribution is 6.33. The molecule has 0 amide bonds. The van der Waals surface area contributed by atoms with Crippen molar-refractivity contribution >= 4 is 17.6 Å². The summed E-state index contributed by atoms with van der Waals surface area (Å²) in [6.45, 7) is 0. The summed E-state index contributed by atoms with van der Waals surface area (Å²) in [7, 11) is 0. The van der Waals surface area contributed by atoms with Crippen molar-refractivity contribution < 1.29 is 15.0 Å². The lowest BCUT2D eigenvalue weighted by Crippen LogP contribution is -2.00. The van der Waals surface area contributed by atoms with Crippen LogP contribution in [0.2, 0.25) is 5.02 Å². The predicted octanol–water partition coefficient (Wildman–Crippen LogP) is 2.81. The fourth-order valence-electron chi connectivity index (χ4n) is 1.52. The largest absolute Gasteiger partial charge is 0.508 e. The Labute approximate surface area is 102 Å². The van der Waals surface area contributed by atoms with E-state index in [4.69, 9.17) is 16.7 Å². The molecule has 0 aliphatic heterocycles. The van der Waals surface area contributed by atoms with Crippen molar-refractivity contribution in [2.24, 2.45) is 0 Å². The van der Waals surface area contributed by atoms with E-state index in [9.17, 15) is 9.90 Å². The lowest BCUT2D eigenvalue weighted by molar-refractivity contribution is 0.0697. The lowest BCUT2D eigenvalue weighted by Gasteiger charge is -2.07. The Hall–Kier alpha value is -2.07. The number of hydrogen-bond acceptors (Lipinski definition) is 3. The maximum Gasteiger partial charge on any atom is 0.337 e. The first-order chi connectivity index (χ1) is 8.09. The summed E-state index contributed by atoms with van der Waals surface area (Å²) in [5.41, 5.74) is 0.930. The number of carboxylic acids is 1. The van der Waals surface area contributed by atoms with E-state index in [2.05, 4.69) is 4.98 Å². The number of carbonyl (C=O) groups is 1. The molecule has 17 heavy (non-hydrogen) atoms. The van der Waals surface area contributed by atoms with Crippen LogP contribution in [-0.4, -0.2) is 21.2 Å². The first-order valence-corrected chi connectivity index (χ1v) is 5.13. The van der Waals surface area contributed by atoms with Gasteiger partial charge in [-0.1, -0.05) is 11.6 Å². The van der Waals surface area contributed by atoms with Gasteiger partial charge < -0.3 is 10.2 Å². The number of phenols is 1. The van der Waals surface area contributed by atoms with Crippen LogP contribution in [0.1, 0.15) is 10.4 Å². The predicted molar refractivity (Wildman–Crippen MR) is 63.3 cm³/mol. The number of benzene rings is 1. The van der Waals surface area contributed by atoms with Crippen molar-refractivity contribution in [1.82, 2.24) is 4.98 Å². The average Bonchev–Trinajstić information content (AvgIpc) is 2.32. The van der Waals surface area contributed by atoms with Crippen molar-refractivity contribution in [2.45, 2.75) is 0 Å². The zero-order chi connectivity index (χ0) is 12.4. The van der Waals surface area contributed by atoms with Crippen LogP contribution in [0.15, 0.2) is 36.7 Å². The van der Waals surface area contributed by atoms with Crippen LogP contribution in [-0.2, 0) is 0 Å². The van der Waals surface area contributed by atoms with Crippen molar-refractivity contribution in [3.63, 3.8) is 0 Å². The van der Waals surface area contributed by atoms with Crippen LogP contribution in [0.25, 0.3) is 11.1 Å². The van der Waals surface area contributed by atoms with Crippen LogP contribution >= 0.6 is 11.6 Å². The van der Waals surface area contributed by atoms with Crippen LogP contribution in [0.5, 0.6) is 5.75 Å². The zero-order valence-electron chi connectivity index (χ0n) is 8.59. The van der Waals surface area contributed by atoms with Crippen molar-refractivity contribution in [3.8, 4) is 16.9 Å². The number of phenolic OH excluding ortho intramolecular Hbond substituents is 1. The Kier molecular flexibility index (Phi) is 2.97.